The van der Waals surface area contributed by atoms with Crippen LogP contribution in [-0.2, 0) is 17.8 Å². The smallest absolute Gasteiger partial charge is 0.329 e. The zero-order valence-corrected chi connectivity index (χ0v) is 19.7. The van der Waals surface area contributed by atoms with Crippen molar-refractivity contribution in [1.29, 1.82) is 0 Å². The van der Waals surface area contributed by atoms with Gasteiger partial charge in [-0.25, -0.2) is 4.79 Å². The van der Waals surface area contributed by atoms with E-state index < -0.39 is 0 Å². The third-order valence-corrected chi connectivity index (χ3v) is 7.96. The predicted molar refractivity (Wildman–Crippen MR) is 129 cm³/mol. The van der Waals surface area contributed by atoms with Crippen LogP contribution in [0.25, 0.3) is 10.2 Å². The number of carbonyl (C=O) groups excluding carboxylic acids is 1. The number of nitrogens with zero attached hydrogens (tertiary/aromatic N) is 2. The lowest BCUT2D eigenvalue weighted by Crippen LogP contribution is -2.39. The van der Waals surface area contributed by atoms with Gasteiger partial charge in [-0.2, -0.15) is 0 Å². The van der Waals surface area contributed by atoms with Gasteiger partial charge in [0, 0.05) is 17.5 Å². The molecule has 0 unspecified atom stereocenters. The van der Waals surface area contributed by atoms with Crippen LogP contribution >= 0.6 is 11.3 Å². The van der Waals surface area contributed by atoms with Crippen molar-refractivity contribution in [2.24, 2.45) is 0 Å². The number of rotatable bonds is 5. The fourth-order valence-corrected chi connectivity index (χ4v) is 6.27. The monoisotopic (exact) mass is 467 g/mol. The van der Waals surface area contributed by atoms with Crippen molar-refractivity contribution in [3.8, 4) is 5.75 Å². The molecule has 3 heterocycles. The lowest BCUT2D eigenvalue weighted by molar-refractivity contribution is -0.132. The molecule has 1 saturated carbocycles. The zero-order chi connectivity index (χ0) is 22.9. The molecule has 174 valence electrons. The van der Waals surface area contributed by atoms with Crippen molar-refractivity contribution >= 4 is 27.5 Å². The van der Waals surface area contributed by atoms with Gasteiger partial charge in [0.25, 0.3) is 5.56 Å². The maximum Gasteiger partial charge on any atom is 0.329 e. The van der Waals surface area contributed by atoms with Crippen LogP contribution in [0.2, 0.25) is 0 Å². The number of thiophene rings is 1. The lowest BCUT2D eigenvalue weighted by Gasteiger charge is -2.27. The lowest BCUT2D eigenvalue weighted by atomic mass is 9.95. The van der Waals surface area contributed by atoms with E-state index in [0.717, 1.165) is 47.4 Å². The Labute approximate surface area is 196 Å². The van der Waals surface area contributed by atoms with Gasteiger partial charge in [0.05, 0.1) is 25.0 Å². The average molecular weight is 468 g/mol. The van der Waals surface area contributed by atoms with E-state index in [2.05, 4.69) is 4.98 Å². The quantitative estimate of drug-likeness (QED) is 0.616. The van der Waals surface area contributed by atoms with Gasteiger partial charge in [0.15, 0.2) is 0 Å². The van der Waals surface area contributed by atoms with Crippen LogP contribution in [0.3, 0.4) is 0 Å². The third kappa shape index (κ3) is 4.36. The van der Waals surface area contributed by atoms with Gasteiger partial charge in [0.2, 0.25) is 5.91 Å². The van der Waals surface area contributed by atoms with Crippen LogP contribution in [0.4, 0.5) is 0 Å². The molecule has 0 saturated heterocycles. The summed E-state index contributed by atoms with van der Waals surface area (Å²) in [5.41, 5.74) is 1.70. The van der Waals surface area contributed by atoms with E-state index in [4.69, 9.17) is 4.74 Å². The van der Waals surface area contributed by atoms with Crippen LogP contribution < -0.4 is 16.0 Å². The van der Waals surface area contributed by atoms with E-state index in [0.29, 0.717) is 42.8 Å². The first-order valence-electron chi connectivity index (χ1n) is 11.8. The summed E-state index contributed by atoms with van der Waals surface area (Å²) in [6.07, 6.45) is 5.98. The molecule has 3 aromatic rings. The van der Waals surface area contributed by atoms with Gasteiger partial charge < -0.3 is 9.64 Å². The van der Waals surface area contributed by atoms with Crippen LogP contribution in [0.5, 0.6) is 5.75 Å². The molecule has 0 radical (unpaired) electrons. The molecule has 0 bridgehead atoms. The number of aryl methyl sites for hydroxylation is 1. The van der Waals surface area contributed by atoms with Gasteiger partial charge >= 0.3 is 5.69 Å². The fourth-order valence-electron chi connectivity index (χ4n) is 5.02. The van der Waals surface area contributed by atoms with Crippen LogP contribution in [0.1, 0.15) is 60.6 Å². The summed E-state index contributed by atoms with van der Waals surface area (Å²) in [4.78, 5) is 45.3. The first kappa shape index (κ1) is 21.9. The fraction of sp³-hybridized carbons (Fsp3) is 0.480. The Kier molecular flexibility index (Phi) is 6.10. The highest BCUT2D eigenvalue weighted by molar-refractivity contribution is 7.18. The van der Waals surface area contributed by atoms with Crippen LogP contribution in [0, 0.1) is 6.92 Å². The van der Waals surface area contributed by atoms with Crippen molar-refractivity contribution < 1.29 is 9.53 Å². The summed E-state index contributed by atoms with van der Waals surface area (Å²) < 4.78 is 7.16. The number of fused-ring (bicyclic) bond motifs is 3. The Bertz CT molecular complexity index is 1280. The van der Waals surface area contributed by atoms with Gasteiger partial charge in [0.1, 0.15) is 10.6 Å². The average Bonchev–Trinajstić information content (AvgIpc) is 3.18. The van der Waals surface area contributed by atoms with Crippen LogP contribution in [0.15, 0.2) is 33.9 Å². The molecule has 5 rings (SSSR count). The number of aromatic nitrogens is 2. The predicted octanol–water partition coefficient (Wildman–Crippen LogP) is 3.92. The number of amides is 1. The number of hydrogen-bond acceptors (Lipinski definition) is 5. The number of carbonyl (C=O) groups is 1. The van der Waals surface area contributed by atoms with E-state index in [9.17, 15) is 14.4 Å². The standard InChI is InChI=1S/C25H29N3O4S/c1-16-7-9-18(10-8-16)32-14-12-21(29)27-13-11-19-20(15-27)33-23-22(19)24(30)28(25(31)26-23)17-5-3-2-4-6-17/h7-10,17H,2-6,11-15H2,1H3,(H,26,31). The molecule has 1 aromatic carbocycles. The summed E-state index contributed by atoms with van der Waals surface area (Å²) in [6.45, 7) is 3.40. The van der Waals surface area contributed by atoms with E-state index >= 15 is 0 Å². The highest BCUT2D eigenvalue weighted by atomic mass is 32.1. The van der Waals surface area contributed by atoms with Crippen molar-refractivity contribution in [2.75, 3.05) is 13.2 Å². The Balaban J connectivity index is 1.31. The molecular formula is C25H29N3O4S. The molecule has 1 aliphatic carbocycles. The molecule has 2 aromatic heterocycles. The van der Waals surface area contributed by atoms with Crippen LogP contribution in [-0.4, -0.2) is 33.5 Å². The Morgan fingerprint density at radius 1 is 1.15 bits per heavy atom. The van der Waals surface area contributed by atoms with E-state index in [1.165, 1.54) is 22.3 Å². The number of aromatic amines is 1. The summed E-state index contributed by atoms with van der Waals surface area (Å²) in [6, 6.07) is 7.77. The molecule has 0 spiro atoms. The maximum absolute atomic E-state index is 13.3. The van der Waals surface area contributed by atoms with E-state index in [-0.39, 0.29) is 23.2 Å². The van der Waals surface area contributed by atoms with E-state index in [1.807, 2.05) is 36.1 Å². The third-order valence-electron chi connectivity index (χ3n) is 6.83. The number of nitrogens with one attached hydrogen (secondary N) is 1. The van der Waals surface area contributed by atoms with Crippen molar-refractivity contribution in [1.82, 2.24) is 14.5 Å². The van der Waals surface area contributed by atoms with Crippen molar-refractivity contribution in [3.05, 3.63) is 61.1 Å². The molecule has 2 aliphatic rings. The van der Waals surface area contributed by atoms with Gasteiger partial charge in [-0.15, -0.1) is 11.3 Å². The second-order valence-corrected chi connectivity index (χ2v) is 10.2. The van der Waals surface area contributed by atoms with Gasteiger partial charge in [-0.3, -0.25) is 19.1 Å². The second-order valence-electron chi connectivity index (χ2n) is 9.08. The second kappa shape index (κ2) is 9.17. The molecule has 1 N–H and O–H groups in total. The normalized spacial score (nSPS) is 16.7. The van der Waals surface area contributed by atoms with Crippen molar-refractivity contribution in [2.45, 2.75) is 64.5 Å². The first-order valence-corrected chi connectivity index (χ1v) is 12.6. The molecule has 33 heavy (non-hydrogen) atoms. The summed E-state index contributed by atoms with van der Waals surface area (Å²) in [7, 11) is 0. The molecule has 1 fully saturated rings. The number of H-pyrrole nitrogens is 1. The molecule has 7 nitrogen and oxygen atoms in total. The minimum atomic E-state index is -0.306. The minimum absolute atomic E-state index is 0.00912. The van der Waals surface area contributed by atoms with Gasteiger partial charge in [-0.05, 0) is 43.9 Å². The van der Waals surface area contributed by atoms with Gasteiger partial charge in [-0.1, -0.05) is 37.0 Å². The summed E-state index contributed by atoms with van der Waals surface area (Å²) in [5.74, 6) is 0.801. The summed E-state index contributed by atoms with van der Waals surface area (Å²) in [5, 5.41) is 0.648. The molecule has 0 atom stereocenters. The maximum atomic E-state index is 13.3. The molecule has 8 heteroatoms. The highest BCUT2D eigenvalue weighted by Gasteiger charge is 2.28. The Morgan fingerprint density at radius 2 is 1.91 bits per heavy atom. The van der Waals surface area contributed by atoms with E-state index in [1.54, 1.807) is 0 Å². The zero-order valence-electron chi connectivity index (χ0n) is 18.9. The minimum Gasteiger partial charge on any atom is -0.493 e. The largest absolute Gasteiger partial charge is 0.493 e. The Hall–Kier alpha value is -2.87. The highest BCUT2D eigenvalue weighted by Crippen LogP contribution is 2.33. The molecule has 1 amide bonds. The number of benzene rings is 1. The SMILES string of the molecule is Cc1ccc(OCCC(=O)N2CCc3c(sc4[nH]c(=O)n(C5CCCCC5)c(=O)c34)C2)cc1. The number of ether oxygens (including phenoxy) is 1. The number of hydrogen-bond donors (Lipinski definition) is 1. The Morgan fingerprint density at radius 3 is 2.67 bits per heavy atom. The first-order chi connectivity index (χ1) is 16.0. The molecular weight excluding hydrogens is 438 g/mol. The molecule has 1 aliphatic heterocycles. The topological polar surface area (TPSA) is 84.4 Å². The summed E-state index contributed by atoms with van der Waals surface area (Å²) >= 11 is 1.43. The van der Waals surface area contributed by atoms with Crippen molar-refractivity contribution in [3.63, 3.8) is 0 Å².